The number of hydrogen-bond acceptors (Lipinski definition) is 4. The minimum Gasteiger partial charge on any atom is -0.345 e. The summed E-state index contributed by atoms with van der Waals surface area (Å²) in [6.45, 7) is 4.84. The molecule has 0 spiro atoms. The van der Waals surface area contributed by atoms with Crippen LogP contribution in [0.3, 0.4) is 0 Å². The number of nitrogens with zero attached hydrogens (tertiary/aromatic N) is 5. The zero-order valence-electron chi connectivity index (χ0n) is 15.9. The number of anilines is 1. The summed E-state index contributed by atoms with van der Waals surface area (Å²) in [5.74, 6) is 0.982. The van der Waals surface area contributed by atoms with Crippen molar-refractivity contribution in [3.8, 4) is 11.3 Å². The first-order chi connectivity index (χ1) is 13.6. The molecule has 0 aliphatic rings. The number of amides is 1. The lowest BCUT2D eigenvalue weighted by atomic mass is 10.1. The van der Waals surface area contributed by atoms with Crippen LogP contribution in [0.2, 0.25) is 0 Å². The van der Waals surface area contributed by atoms with Crippen LogP contribution in [-0.4, -0.2) is 37.0 Å². The lowest BCUT2D eigenvalue weighted by molar-refractivity contribution is -0.118. The minimum absolute atomic E-state index is 0.00106. The molecule has 7 nitrogen and oxygen atoms in total. The van der Waals surface area contributed by atoms with E-state index in [1.807, 2.05) is 58.0 Å². The van der Waals surface area contributed by atoms with E-state index in [9.17, 15) is 4.79 Å². The number of H-pyrrole nitrogens is 1. The van der Waals surface area contributed by atoms with Gasteiger partial charge in [0.2, 0.25) is 5.91 Å². The molecule has 3 heterocycles. The summed E-state index contributed by atoms with van der Waals surface area (Å²) in [6, 6.07) is 13.6. The SMILES string of the molecule is CC(C)CN(C(=O)Cc1nnc2ccccn12)c1ccc(-c2cnc[nH]2)cc1. The van der Waals surface area contributed by atoms with Gasteiger partial charge in [-0.3, -0.25) is 9.20 Å². The van der Waals surface area contributed by atoms with Crippen molar-refractivity contribution in [2.45, 2.75) is 20.3 Å². The van der Waals surface area contributed by atoms with Crippen molar-refractivity contribution < 1.29 is 4.79 Å². The van der Waals surface area contributed by atoms with Crippen LogP contribution in [0, 0.1) is 5.92 Å². The maximum absolute atomic E-state index is 13.1. The van der Waals surface area contributed by atoms with E-state index in [2.05, 4.69) is 34.0 Å². The van der Waals surface area contributed by atoms with Gasteiger partial charge >= 0.3 is 0 Å². The number of pyridine rings is 1. The van der Waals surface area contributed by atoms with Gasteiger partial charge in [-0.25, -0.2) is 4.98 Å². The lowest BCUT2D eigenvalue weighted by Crippen LogP contribution is -2.35. The molecule has 0 saturated carbocycles. The Morgan fingerprint density at radius 3 is 2.68 bits per heavy atom. The molecule has 0 aliphatic carbocycles. The number of carbonyl (C=O) groups is 1. The van der Waals surface area contributed by atoms with Crippen molar-refractivity contribution in [2.24, 2.45) is 5.92 Å². The summed E-state index contributed by atoms with van der Waals surface area (Å²) in [4.78, 5) is 22.1. The first-order valence-corrected chi connectivity index (χ1v) is 9.29. The molecule has 0 bridgehead atoms. The smallest absolute Gasteiger partial charge is 0.234 e. The number of aromatic nitrogens is 5. The quantitative estimate of drug-likeness (QED) is 0.561. The van der Waals surface area contributed by atoms with Gasteiger partial charge in [0.1, 0.15) is 5.82 Å². The molecule has 1 aromatic carbocycles. The first kappa shape index (κ1) is 17.9. The molecule has 0 aliphatic heterocycles. The first-order valence-electron chi connectivity index (χ1n) is 9.29. The number of hydrogen-bond donors (Lipinski definition) is 1. The van der Waals surface area contributed by atoms with Crippen LogP contribution in [0.1, 0.15) is 19.7 Å². The second-order valence-corrected chi connectivity index (χ2v) is 7.13. The molecule has 7 heteroatoms. The average Bonchev–Trinajstić information content (AvgIpc) is 3.37. The van der Waals surface area contributed by atoms with E-state index < -0.39 is 0 Å². The highest BCUT2D eigenvalue weighted by molar-refractivity contribution is 5.94. The van der Waals surface area contributed by atoms with E-state index >= 15 is 0 Å². The van der Waals surface area contributed by atoms with E-state index in [-0.39, 0.29) is 12.3 Å². The van der Waals surface area contributed by atoms with Crippen LogP contribution < -0.4 is 4.90 Å². The third-order valence-corrected chi connectivity index (χ3v) is 4.53. The number of benzene rings is 1. The second kappa shape index (κ2) is 7.64. The van der Waals surface area contributed by atoms with Crippen molar-refractivity contribution in [1.29, 1.82) is 0 Å². The van der Waals surface area contributed by atoms with E-state index in [0.29, 0.717) is 18.3 Å². The van der Waals surface area contributed by atoms with Crippen LogP contribution in [-0.2, 0) is 11.2 Å². The van der Waals surface area contributed by atoms with E-state index in [0.717, 1.165) is 22.6 Å². The monoisotopic (exact) mass is 374 g/mol. The zero-order chi connectivity index (χ0) is 19.5. The van der Waals surface area contributed by atoms with Crippen molar-refractivity contribution in [3.63, 3.8) is 0 Å². The van der Waals surface area contributed by atoms with Crippen molar-refractivity contribution in [2.75, 3.05) is 11.4 Å². The van der Waals surface area contributed by atoms with Gasteiger partial charge in [0.05, 0.1) is 24.6 Å². The molecular formula is C21H22N6O. The number of aromatic amines is 1. The second-order valence-electron chi connectivity index (χ2n) is 7.13. The van der Waals surface area contributed by atoms with Gasteiger partial charge in [-0.1, -0.05) is 32.0 Å². The number of nitrogens with one attached hydrogen (secondary N) is 1. The largest absolute Gasteiger partial charge is 0.345 e. The van der Waals surface area contributed by atoms with E-state index in [1.165, 1.54) is 0 Å². The number of imidazole rings is 1. The molecule has 0 atom stereocenters. The van der Waals surface area contributed by atoms with Gasteiger partial charge in [-0.05, 0) is 35.7 Å². The van der Waals surface area contributed by atoms with Crippen molar-refractivity contribution >= 4 is 17.2 Å². The highest BCUT2D eigenvalue weighted by Crippen LogP contribution is 2.23. The topological polar surface area (TPSA) is 79.2 Å². The molecule has 142 valence electrons. The normalized spacial score (nSPS) is 11.2. The van der Waals surface area contributed by atoms with Crippen LogP contribution in [0.5, 0.6) is 0 Å². The third-order valence-electron chi connectivity index (χ3n) is 4.53. The van der Waals surface area contributed by atoms with E-state index in [4.69, 9.17) is 0 Å². The Bertz CT molecular complexity index is 1070. The van der Waals surface area contributed by atoms with Crippen LogP contribution >= 0.6 is 0 Å². The Morgan fingerprint density at radius 1 is 1.14 bits per heavy atom. The molecule has 0 unspecified atom stereocenters. The van der Waals surface area contributed by atoms with Crippen LogP contribution in [0.15, 0.2) is 61.2 Å². The highest BCUT2D eigenvalue weighted by atomic mass is 16.2. The van der Waals surface area contributed by atoms with Crippen molar-refractivity contribution in [3.05, 3.63) is 67.0 Å². The molecule has 0 saturated heterocycles. The summed E-state index contributed by atoms with van der Waals surface area (Å²) >= 11 is 0. The molecule has 1 amide bonds. The zero-order valence-corrected chi connectivity index (χ0v) is 15.9. The summed E-state index contributed by atoms with van der Waals surface area (Å²) in [5, 5.41) is 8.33. The number of rotatable bonds is 6. The molecule has 28 heavy (non-hydrogen) atoms. The molecule has 1 N–H and O–H groups in total. The standard InChI is InChI=1S/C21H22N6O/c1-15(2)13-27(17-8-6-16(7-9-17)18-12-22-14-23-18)21(28)11-20-25-24-19-5-3-4-10-26(19)20/h3-10,12,14-15H,11,13H2,1-2H3,(H,22,23). The molecular weight excluding hydrogens is 352 g/mol. The van der Waals surface area contributed by atoms with Gasteiger partial charge < -0.3 is 9.88 Å². The Kier molecular flexibility index (Phi) is 4.89. The predicted molar refractivity (Wildman–Crippen MR) is 108 cm³/mol. The van der Waals surface area contributed by atoms with Crippen LogP contribution in [0.25, 0.3) is 16.9 Å². The molecule has 4 rings (SSSR count). The highest BCUT2D eigenvalue weighted by Gasteiger charge is 2.20. The fourth-order valence-electron chi connectivity index (χ4n) is 3.19. The maximum atomic E-state index is 13.1. The predicted octanol–water partition coefficient (Wildman–Crippen LogP) is 3.35. The van der Waals surface area contributed by atoms with Crippen molar-refractivity contribution in [1.82, 2.24) is 24.6 Å². The van der Waals surface area contributed by atoms with Gasteiger partial charge in [0.25, 0.3) is 0 Å². The Labute approximate surface area is 163 Å². The minimum atomic E-state index is 0.00106. The number of fused-ring (bicyclic) bond motifs is 1. The summed E-state index contributed by atoms with van der Waals surface area (Å²) in [7, 11) is 0. The van der Waals surface area contributed by atoms with Gasteiger partial charge in [0, 0.05) is 18.4 Å². The van der Waals surface area contributed by atoms with Crippen LogP contribution in [0.4, 0.5) is 5.69 Å². The van der Waals surface area contributed by atoms with Gasteiger partial charge in [0.15, 0.2) is 5.65 Å². The molecule has 0 fully saturated rings. The number of carbonyl (C=O) groups excluding carboxylic acids is 1. The summed E-state index contributed by atoms with van der Waals surface area (Å²) in [5.41, 5.74) is 3.59. The summed E-state index contributed by atoms with van der Waals surface area (Å²) in [6.07, 6.45) is 5.51. The average molecular weight is 374 g/mol. The third kappa shape index (κ3) is 3.64. The van der Waals surface area contributed by atoms with Gasteiger partial charge in [-0.2, -0.15) is 0 Å². The molecule has 3 aromatic heterocycles. The molecule has 0 radical (unpaired) electrons. The van der Waals surface area contributed by atoms with E-state index in [1.54, 1.807) is 12.5 Å². The summed E-state index contributed by atoms with van der Waals surface area (Å²) < 4.78 is 1.85. The maximum Gasteiger partial charge on any atom is 0.234 e. The lowest BCUT2D eigenvalue weighted by Gasteiger charge is -2.25. The Balaban J connectivity index is 1.59. The molecule has 4 aromatic rings. The van der Waals surface area contributed by atoms with Gasteiger partial charge in [-0.15, -0.1) is 10.2 Å². The fraction of sp³-hybridized carbons (Fsp3) is 0.238. The Hall–Kier alpha value is -3.48. The fourth-order valence-corrected chi connectivity index (χ4v) is 3.19. The Morgan fingerprint density at radius 2 is 1.96 bits per heavy atom.